The molecule has 23 heavy (non-hydrogen) atoms. The number of amides is 1. The topological polar surface area (TPSA) is 119 Å². The van der Waals surface area contributed by atoms with Gasteiger partial charge >= 0.3 is 5.97 Å². The number of hydrogen-bond donors (Lipinski definition) is 2. The van der Waals surface area contributed by atoms with Crippen LogP contribution < -0.4 is 10.1 Å². The Morgan fingerprint density at radius 3 is 2.43 bits per heavy atom. The molecule has 9 heteroatoms. The second-order valence-electron chi connectivity index (χ2n) is 4.78. The quantitative estimate of drug-likeness (QED) is 0.696. The normalized spacial score (nSPS) is 12.5. The zero-order chi connectivity index (χ0) is 17.6. The fraction of sp³-hybridized carbons (Fsp3) is 0.429. The molecule has 1 amide bonds. The number of methoxy groups -OCH3 is 2. The van der Waals surface area contributed by atoms with Gasteiger partial charge in [-0.05, 0) is 18.2 Å². The van der Waals surface area contributed by atoms with Gasteiger partial charge in [0.15, 0.2) is 9.84 Å². The summed E-state index contributed by atoms with van der Waals surface area (Å²) in [6, 6.07) is 2.65. The molecule has 1 aromatic carbocycles. The predicted octanol–water partition coefficient (Wildman–Crippen LogP) is 0.318. The van der Waals surface area contributed by atoms with Gasteiger partial charge in [-0.1, -0.05) is 0 Å². The number of carbonyl (C=O) groups is 2. The van der Waals surface area contributed by atoms with E-state index in [2.05, 4.69) is 5.32 Å². The molecule has 0 radical (unpaired) electrons. The van der Waals surface area contributed by atoms with Crippen molar-refractivity contribution in [1.82, 2.24) is 5.32 Å². The molecule has 1 unspecified atom stereocenters. The van der Waals surface area contributed by atoms with Crippen molar-refractivity contribution in [3.05, 3.63) is 23.8 Å². The highest BCUT2D eigenvalue weighted by atomic mass is 32.2. The summed E-state index contributed by atoms with van der Waals surface area (Å²) in [5, 5.41) is 11.4. The van der Waals surface area contributed by atoms with Gasteiger partial charge in [-0.25, -0.2) is 13.2 Å². The molecule has 0 saturated carbocycles. The summed E-state index contributed by atoms with van der Waals surface area (Å²) >= 11 is 0. The number of rotatable bonds is 8. The van der Waals surface area contributed by atoms with Crippen LogP contribution >= 0.6 is 0 Å². The van der Waals surface area contributed by atoms with Crippen molar-refractivity contribution in [3.63, 3.8) is 0 Å². The van der Waals surface area contributed by atoms with E-state index in [1.54, 1.807) is 0 Å². The van der Waals surface area contributed by atoms with Crippen LogP contribution in [-0.2, 0) is 19.4 Å². The van der Waals surface area contributed by atoms with E-state index < -0.39 is 27.8 Å². The molecule has 0 aliphatic carbocycles. The van der Waals surface area contributed by atoms with Gasteiger partial charge in [-0.15, -0.1) is 0 Å². The van der Waals surface area contributed by atoms with E-state index in [0.29, 0.717) is 0 Å². The number of sulfone groups is 1. The highest BCUT2D eigenvalue weighted by Crippen LogP contribution is 2.22. The van der Waals surface area contributed by atoms with E-state index in [1.165, 1.54) is 26.4 Å². The lowest BCUT2D eigenvalue weighted by Crippen LogP contribution is -2.41. The van der Waals surface area contributed by atoms with Crippen LogP contribution in [0.25, 0.3) is 0 Å². The average Bonchev–Trinajstić information content (AvgIpc) is 2.49. The SMILES string of the molecule is COCCC(NC(=O)c1cc(S(C)(=O)=O)ccc1OC)C(=O)O. The van der Waals surface area contributed by atoms with Gasteiger partial charge in [-0.2, -0.15) is 0 Å². The first-order valence-corrected chi connectivity index (χ1v) is 8.50. The van der Waals surface area contributed by atoms with Gasteiger partial charge in [0.1, 0.15) is 11.8 Å². The molecule has 2 N–H and O–H groups in total. The zero-order valence-corrected chi connectivity index (χ0v) is 13.8. The lowest BCUT2D eigenvalue weighted by molar-refractivity contribution is -0.139. The first-order valence-electron chi connectivity index (χ1n) is 6.61. The van der Waals surface area contributed by atoms with Gasteiger partial charge in [0, 0.05) is 26.4 Å². The van der Waals surface area contributed by atoms with Crippen molar-refractivity contribution in [2.75, 3.05) is 27.1 Å². The van der Waals surface area contributed by atoms with E-state index in [1.807, 2.05) is 0 Å². The number of ether oxygens (including phenoxy) is 2. The molecule has 128 valence electrons. The summed E-state index contributed by atoms with van der Waals surface area (Å²) < 4.78 is 33.0. The molecule has 1 atom stereocenters. The number of carboxylic acid groups (broad SMARTS) is 1. The Bertz CT molecular complexity index is 684. The summed E-state index contributed by atoms with van der Waals surface area (Å²) in [5.74, 6) is -1.81. The maximum atomic E-state index is 12.3. The van der Waals surface area contributed by atoms with Gasteiger partial charge < -0.3 is 19.9 Å². The van der Waals surface area contributed by atoms with Gasteiger partial charge in [-0.3, -0.25) is 4.79 Å². The molecule has 0 heterocycles. The van der Waals surface area contributed by atoms with E-state index in [0.717, 1.165) is 12.3 Å². The number of hydrogen-bond acceptors (Lipinski definition) is 6. The Balaban J connectivity index is 3.12. The fourth-order valence-corrected chi connectivity index (χ4v) is 2.47. The van der Waals surface area contributed by atoms with E-state index in [9.17, 15) is 18.0 Å². The smallest absolute Gasteiger partial charge is 0.326 e. The molecule has 0 spiro atoms. The Hall–Kier alpha value is -2.13. The number of carbonyl (C=O) groups excluding carboxylic acids is 1. The summed E-state index contributed by atoms with van der Waals surface area (Å²) in [6.45, 7) is 0.151. The molecule has 1 rings (SSSR count). The maximum Gasteiger partial charge on any atom is 0.326 e. The van der Waals surface area contributed by atoms with Crippen molar-refractivity contribution < 1.29 is 32.6 Å². The molecule has 0 fully saturated rings. The second kappa shape index (κ2) is 7.93. The van der Waals surface area contributed by atoms with Crippen molar-refractivity contribution in [1.29, 1.82) is 0 Å². The third-order valence-electron chi connectivity index (χ3n) is 3.06. The zero-order valence-electron chi connectivity index (χ0n) is 13.0. The molecule has 0 aromatic heterocycles. The minimum absolute atomic E-state index is 0.0564. The molecule has 0 bridgehead atoms. The van der Waals surface area contributed by atoms with Crippen LogP contribution in [0.4, 0.5) is 0 Å². The minimum atomic E-state index is -3.51. The van der Waals surface area contributed by atoms with Crippen LogP contribution in [0.5, 0.6) is 5.75 Å². The standard InChI is InChI=1S/C14H19NO7S/c1-21-7-6-11(14(17)18)15-13(16)10-8-9(23(3,19)20)4-5-12(10)22-2/h4-5,8,11H,6-7H2,1-3H3,(H,15,16)(H,17,18). The number of aliphatic carboxylic acids is 1. The van der Waals surface area contributed by atoms with Crippen LogP contribution in [0.3, 0.4) is 0 Å². The third kappa shape index (κ3) is 5.22. The summed E-state index contributed by atoms with van der Waals surface area (Å²) in [7, 11) is -0.773. The second-order valence-corrected chi connectivity index (χ2v) is 6.80. The summed E-state index contributed by atoms with van der Waals surface area (Å²) in [5.41, 5.74) is -0.0564. The lowest BCUT2D eigenvalue weighted by Gasteiger charge is -2.16. The fourth-order valence-electron chi connectivity index (χ4n) is 1.82. The monoisotopic (exact) mass is 345 g/mol. The average molecular weight is 345 g/mol. The highest BCUT2D eigenvalue weighted by Gasteiger charge is 2.23. The van der Waals surface area contributed by atoms with Crippen LogP contribution in [0.2, 0.25) is 0 Å². The number of carboxylic acids is 1. The van der Waals surface area contributed by atoms with Crippen LogP contribution in [-0.4, -0.2) is 58.5 Å². The van der Waals surface area contributed by atoms with Gasteiger partial charge in [0.2, 0.25) is 0 Å². The molecular weight excluding hydrogens is 326 g/mol. The van der Waals surface area contributed by atoms with Gasteiger partial charge in [0.05, 0.1) is 17.6 Å². The van der Waals surface area contributed by atoms with Crippen molar-refractivity contribution in [2.45, 2.75) is 17.4 Å². The van der Waals surface area contributed by atoms with Crippen LogP contribution in [0.1, 0.15) is 16.8 Å². The molecule has 8 nitrogen and oxygen atoms in total. The molecular formula is C14H19NO7S. The number of benzene rings is 1. The molecule has 0 saturated heterocycles. The van der Waals surface area contributed by atoms with Crippen LogP contribution in [0, 0.1) is 0 Å². The van der Waals surface area contributed by atoms with Crippen molar-refractivity contribution >= 4 is 21.7 Å². The Morgan fingerprint density at radius 1 is 1.30 bits per heavy atom. The molecule has 1 aromatic rings. The Morgan fingerprint density at radius 2 is 1.96 bits per heavy atom. The first-order chi connectivity index (χ1) is 10.7. The minimum Gasteiger partial charge on any atom is -0.496 e. The summed E-state index contributed by atoms with van der Waals surface area (Å²) in [6.07, 6.45) is 1.08. The van der Waals surface area contributed by atoms with E-state index in [-0.39, 0.29) is 29.2 Å². The molecule has 0 aliphatic rings. The van der Waals surface area contributed by atoms with Crippen molar-refractivity contribution in [3.8, 4) is 5.75 Å². The summed E-state index contributed by atoms with van der Waals surface area (Å²) in [4.78, 5) is 23.4. The maximum absolute atomic E-state index is 12.3. The third-order valence-corrected chi connectivity index (χ3v) is 4.17. The van der Waals surface area contributed by atoms with E-state index in [4.69, 9.17) is 14.6 Å². The van der Waals surface area contributed by atoms with Gasteiger partial charge in [0.25, 0.3) is 5.91 Å². The molecule has 0 aliphatic heterocycles. The largest absolute Gasteiger partial charge is 0.496 e. The Labute approximate surface area is 134 Å². The number of nitrogens with one attached hydrogen (secondary N) is 1. The lowest BCUT2D eigenvalue weighted by atomic mass is 10.1. The predicted molar refractivity (Wildman–Crippen MR) is 81.5 cm³/mol. The highest BCUT2D eigenvalue weighted by molar-refractivity contribution is 7.90. The Kier molecular flexibility index (Phi) is 6.52. The van der Waals surface area contributed by atoms with E-state index >= 15 is 0 Å². The first kappa shape index (κ1) is 18.9. The van der Waals surface area contributed by atoms with Crippen molar-refractivity contribution in [2.24, 2.45) is 0 Å². The van der Waals surface area contributed by atoms with Crippen LogP contribution in [0.15, 0.2) is 23.1 Å².